The quantitative estimate of drug-likeness (QED) is 0.563. The number of carbonyl (C=O) groups excluding carboxylic acids is 1. The second-order valence-corrected chi connectivity index (χ2v) is 4.68. The fourth-order valence-corrected chi connectivity index (χ4v) is 1.49. The van der Waals surface area contributed by atoms with E-state index >= 15 is 0 Å². The fourth-order valence-electron chi connectivity index (χ4n) is 1.40. The number of nitrogens with zero attached hydrogens (tertiary/aromatic N) is 2. The molecule has 1 heterocycles. The third-order valence-electron chi connectivity index (χ3n) is 2.57. The number of hydrogen-bond acceptors (Lipinski definition) is 4. The van der Waals surface area contributed by atoms with Crippen LogP contribution >= 0.6 is 12.2 Å². The van der Waals surface area contributed by atoms with Crippen molar-refractivity contribution in [1.29, 1.82) is 0 Å². The number of pyridine rings is 1. The van der Waals surface area contributed by atoms with Crippen LogP contribution in [0.15, 0.2) is 24.4 Å². The first-order chi connectivity index (χ1) is 9.09. The second kappa shape index (κ2) is 8.55. The minimum absolute atomic E-state index is 0.0701. The number of thiocarbonyl (C=S) groups is 1. The molecular formula is C13H19N3O2S. The van der Waals surface area contributed by atoms with Gasteiger partial charge in [0.15, 0.2) is 0 Å². The molecule has 0 spiro atoms. The van der Waals surface area contributed by atoms with Crippen LogP contribution in [0.5, 0.6) is 0 Å². The van der Waals surface area contributed by atoms with Gasteiger partial charge >= 0.3 is 0 Å². The van der Waals surface area contributed by atoms with E-state index in [2.05, 4.69) is 4.98 Å². The van der Waals surface area contributed by atoms with Gasteiger partial charge in [0.25, 0.3) is 0 Å². The van der Waals surface area contributed by atoms with E-state index in [1.165, 1.54) is 0 Å². The molecule has 19 heavy (non-hydrogen) atoms. The number of rotatable bonds is 8. The van der Waals surface area contributed by atoms with E-state index in [4.69, 9.17) is 22.7 Å². The van der Waals surface area contributed by atoms with E-state index in [0.29, 0.717) is 31.0 Å². The molecule has 0 aliphatic carbocycles. The van der Waals surface area contributed by atoms with Crippen LogP contribution in [0.2, 0.25) is 0 Å². The summed E-state index contributed by atoms with van der Waals surface area (Å²) in [6, 6.07) is 5.72. The number of nitrogens with two attached hydrogens (primary N) is 1. The maximum absolute atomic E-state index is 11.7. The van der Waals surface area contributed by atoms with Gasteiger partial charge in [-0.2, -0.15) is 0 Å². The Morgan fingerprint density at radius 2 is 2.32 bits per heavy atom. The normalized spacial score (nSPS) is 10.2. The Morgan fingerprint density at radius 3 is 2.95 bits per heavy atom. The summed E-state index contributed by atoms with van der Waals surface area (Å²) in [5, 5.41) is 0. The smallest absolute Gasteiger partial charge is 0.248 e. The lowest BCUT2D eigenvalue weighted by Gasteiger charge is -2.16. The van der Waals surface area contributed by atoms with Crippen molar-refractivity contribution < 1.29 is 9.53 Å². The molecule has 6 heteroatoms. The molecule has 1 aromatic heterocycles. The zero-order chi connectivity index (χ0) is 14.1. The van der Waals surface area contributed by atoms with Crippen LogP contribution in [0.3, 0.4) is 0 Å². The van der Waals surface area contributed by atoms with Gasteiger partial charge < -0.3 is 15.4 Å². The third kappa shape index (κ3) is 6.83. The minimum atomic E-state index is -0.0720. The van der Waals surface area contributed by atoms with Crippen molar-refractivity contribution in [3.05, 3.63) is 30.1 Å². The molecule has 1 amide bonds. The zero-order valence-corrected chi connectivity index (χ0v) is 11.9. The summed E-state index contributed by atoms with van der Waals surface area (Å²) in [5.74, 6) is -0.0720. The van der Waals surface area contributed by atoms with E-state index in [-0.39, 0.29) is 12.5 Å². The summed E-state index contributed by atoms with van der Waals surface area (Å²) in [6.07, 6.45) is 2.97. The molecule has 0 fully saturated rings. The highest BCUT2D eigenvalue weighted by molar-refractivity contribution is 7.80. The van der Waals surface area contributed by atoms with Gasteiger partial charge in [-0.25, -0.2) is 0 Å². The molecule has 0 aliphatic rings. The van der Waals surface area contributed by atoms with Crippen LogP contribution in [-0.2, 0) is 16.0 Å². The largest absolute Gasteiger partial charge is 0.393 e. The maximum Gasteiger partial charge on any atom is 0.248 e. The van der Waals surface area contributed by atoms with E-state index in [1.54, 1.807) is 18.1 Å². The van der Waals surface area contributed by atoms with Crippen molar-refractivity contribution in [2.75, 3.05) is 26.8 Å². The average Bonchev–Trinajstić information content (AvgIpc) is 2.41. The number of amides is 1. The van der Waals surface area contributed by atoms with Crippen LogP contribution < -0.4 is 5.73 Å². The van der Waals surface area contributed by atoms with Crippen molar-refractivity contribution in [3.8, 4) is 0 Å². The number of likely N-dealkylation sites (N-methyl/N-ethyl adjacent to an activating group) is 1. The minimum Gasteiger partial charge on any atom is -0.393 e. The first-order valence-corrected chi connectivity index (χ1v) is 6.50. The van der Waals surface area contributed by atoms with Crippen molar-refractivity contribution >= 4 is 23.1 Å². The average molecular weight is 281 g/mol. The Morgan fingerprint density at radius 1 is 1.53 bits per heavy atom. The number of carbonyl (C=O) groups is 1. The lowest BCUT2D eigenvalue weighted by atomic mass is 10.3. The van der Waals surface area contributed by atoms with Crippen molar-refractivity contribution in [3.63, 3.8) is 0 Å². The fraction of sp³-hybridized carbons (Fsp3) is 0.462. The topological polar surface area (TPSA) is 68.5 Å². The summed E-state index contributed by atoms with van der Waals surface area (Å²) >= 11 is 4.76. The summed E-state index contributed by atoms with van der Waals surface area (Å²) in [7, 11) is 1.71. The van der Waals surface area contributed by atoms with Gasteiger partial charge in [0.1, 0.15) is 6.61 Å². The molecule has 0 saturated carbocycles. The lowest BCUT2D eigenvalue weighted by Crippen LogP contribution is -2.33. The van der Waals surface area contributed by atoms with Crippen molar-refractivity contribution in [1.82, 2.24) is 9.88 Å². The highest BCUT2D eigenvalue weighted by atomic mass is 32.1. The van der Waals surface area contributed by atoms with Crippen LogP contribution in [0.25, 0.3) is 0 Å². The van der Waals surface area contributed by atoms with Gasteiger partial charge in [-0.1, -0.05) is 18.3 Å². The highest BCUT2D eigenvalue weighted by Gasteiger charge is 2.08. The van der Waals surface area contributed by atoms with Gasteiger partial charge in [0, 0.05) is 38.3 Å². The highest BCUT2D eigenvalue weighted by Crippen LogP contribution is 1.96. The van der Waals surface area contributed by atoms with E-state index in [1.807, 2.05) is 18.2 Å². The second-order valence-electron chi connectivity index (χ2n) is 4.16. The molecule has 2 N–H and O–H groups in total. The number of ether oxygens (including phenoxy) is 1. The first-order valence-electron chi connectivity index (χ1n) is 6.09. The Bertz CT molecular complexity index is 412. The number of aromatic nitrogens is 1. The Hall–Kier alpha value is -1.53. The van der Waals surface area contributed by atoms with Crippen molar-refractivity contribution in [2.45, 2.75) is 12.8 Å². The zero-order valence-electron chi connectivity index (χ0n) is 11.0. The molecule has 104 valence electrons. The Balaban J connectivity index is 2.15. The van der Waals surface area contributed by atoms with E-state index < -0.39 is 0 Å². The van der Waals surface area contributed by atoms with Gasteiger partial charge in [-0.05, 0) is 12.1 Å². The molecule has 0 bridgehead atoms. The summed E-state index contributed by atoms with van der Waals surface area (Å²) < 4.78 is 5.33. The molecule has 5 nitrogen and oxygen atoms in total. The van der Waals surface area contributed by atoms with Crippen molar-refractivity contribution in [2.24, 2.45) is 5.73 Å². The predicted octanol–water partition coefficient (Wildman–Crippen LogP) is 0.775. The molecule has 1 rings (SSSR count). The van der Waals surface area contributed by atoms with Crippen LogP contribution in [0.1, 0.15) is 12.1 Å². The van der Waals surface area contributed by atoms with Crippen LogP contribution in [-0.4, -0.2) is 47.6 Å². The van der Waals surface area contributed by atoms with Gasteiger partial charge in [-0.3, -0.25) is 9.78 Å². The molecule has 0 aromatic carbocycles. The van der Waals surface area contributed by atoms with E-state index in [9.17, 15) is 4.79 Å². The standard InChI is InChI=1S/C13H19N3O2S/c1-16(8-5-12(14)19)13(17)10-18-9-6-11-4-2-3-7-15-11/h2-4,7H,5-6,8-10H2,1H3,(H2,14,19). The van der Waals surface area contributed by atoms with Gasteiger partial charge in [0.05, 0.1) is 11.6 Å². The summed E-state index contributed by atoms with van der Waals surface area (Å²) in [5.41, 5.74) is 6.34. The first kappa shape index (κ1) is 15.5. The molecule has 0 unspecified atom stereocenters. The maximum atomic E-state index is 11.7. The number of hydrogen-bond donors (Lipinski definition) is 1. The summed E-state index contributed by atoms with van der Waals surface area (Å²) in [4.78, 5) is 17.8. The molecule has 1 aromatic rings. The monoisotopic (exact) mass is 281 g/mol. The molecular weight excluding hydrogens is 262 g/mol. The lowest BCUT2D eigenvalue weighted by molar-refractivity contribution is -0.134. The van der Waals surface area contributed by atoms with Gasteiger partial charge in [0.2, 0.25) is 5.91 Å². The molecule has 0 atom stereocenters. The van der Waals surface area contributed by atoms with Crippen LogP contribution in [0, 0.1) is 0 Å². The SMILES string of the molecule is CN(CCC(N)=S)C(=O)COCCc1ccccn1. The Labute approximate surface area is 118 Å². The van der Waals surface area contributed by atoms with Gasteiger partial charge in [-0.15, -0.1) is 0 Å². The molecule has 0 aliphatic heterocycles. The van der Waals surface area contributed by atoms with Crippen LogP contribution in [0.4, 0.5) is 0 Å². The predicted molar refractivity (Wildman–Crippen MR) is 77.8 cm³/mol. The molecule has 0 radical (unpaired) electrons. The molecule has 0 saturated heterocycles. The Kier molecular flexibility index (Phi) is 6.99. The van der Waals surface area contributed by atoms with E-state index in [0.717, 1.165) is 5.69 Å². The third-order valence-corrected chi connectivity index (χ3v) is 2.78. The summed E-state index contributed by atoms with van der Waals surface area (Å²) in [6.45, 7) is 1.07.